The van der Waals surface area contributed by atoms with Gasteiger partial charge in [-0.1, -0.05) is 0 Å². The molecule has 0 aromatic carbocycles. The number of hydrogen-bond donors (Lipinski definition) is 0. The first-order valence-corrected chi connectivity index (χ1v) is 6.45. The van der Waals surface area contributed by atoms with E-state index in [1.165, 1.54) is 19.3 Å². The van der Waals surface area contributed by atoms with E-state index in [2.05, 4.69) is 4.90 Å². The number of hydrogen-bond acceptors (Lipinski definition) is 4. The van der Waals surface area contributed by atoms with Crippen LogP contribution in [-0.4, -0.2) is 36.3 Å². The van der Waals surface area contributed by atoms with Crippen molar-refractivity contribution in [2.24, 2.45) is 0 Å². The van der Waals surface area contributed by atoms with Crippen molar-refractivity contribution in [1.29, 1.82) is 0 Å². The van der Waals surface area contributed by atoms with Crippen molar-refractivity contribution in [3.05, 3.63) is 12.0 Å². The first-order chi connectivity index (χ1) is 7.77. The topological polar surface area (TPSA) is 21.7 Å². The van der Waals surface area contributed by atoms with Crippen LogP contribution in [0.4, 0.5) is 0 Å². The summed E-state index contributed by atoms with van der Waals surface area (Å²) in [5.41, 5.74) is 0. The summed E-state index contributed by atoms with van der Waals surface area (Å²) in [6.07, 6.45) is 5.59. The van der Waals surface area contributed by atoms with Crippen molar-refractivity contribution in [3.63, 3.8) is 0 Å². The molecule has 0 amide bonds. The maximum Gasteiger partial charge on any atom is 0.193 e. The van der Waals surface area contributed by atoms with Gasteiger partial charge in [-0.25, -0.2) is 0 Å². The van der Waals surface area contributed by atoms with E-state index in [-0.39, 0.29) is 0 Å². The normalized spacial score (nSPS) is 17.1. The molecule has 92 valence electrons. The Kier molecular flexibility index (Phi) is 6.23. The average Bonchev–Trinajstić information content (AvgIpc) is 2.30. The van der Waals surface area contributed by atoms with Crippen molar-refractivity contribution in [2.45, 2.75) is 33.1 Å². The highest BCUT2D eigenvalue weighted by Gasteiger charge is 2.14. The summed E-state index contributed by atoms with van der Waals surface area (Å²) in [7, 11) is 0. The second kappa shape index (κ2) is 7.49. The van der Waals surface area contributed by atoms with Crippen molar-refractivity contribution in [3.8, 4) is 0 Å². The Morgan fingerprint density at radius 3 is 2.31 bits per heavy atom. The van der Waals surface area contributed by atoms with Crippen LogP contribution in [0.1, 0.15) is 33.1 Å². The fraction of sp³-hybridized carbons (Fsp3) is 0.750. The molecule has 1 fully saturated rings. The predicted octanol–water partition coefficient (Wildman–Crippen LogP) is 2.71. The maximum atomic E-state index is 5.62. The van der Waals surface area contributed by atoms with Gasteiger partial charge in [0.2, 0.25) is 0 Å². The highest BCUT2D eigenvalue weighted by molar-refractivity contribution is 7.80. The Morgan fingerprint density at radius 1 is 1.12 bits per heavy atom. The Bertz CT molecular complexity index is 247. The van der Waals surface area contributed by atoms with E-state index in [0.717, 1.165) is 19.0 Å². The molecule has 1 rings (SSSR count). The van der Waals surface area contributed by atoms with Crippen LogP contribution in [0, 0.1) is 0 Å². The summed E-state index contributed by atoms with van der Waals surface area (Å²) in [6.45, 7) is 7.30. The quantitative estimate of drug-likeness (QED) is 0.420. The molecule has 0 aromatic rings. The number of ether oxygens (including phenoxy) is 2. The summed E-state index contributed by atoms with van der Waals surface area (Å²) in [4.78, 5) is 2.25. The van der Waals surface area contributed by atoms with Gasteiger partial charge in [0.25, 0.3) is 0 Å². The summed E-state index contributed by atoms with van der Waals surface area (Å²) in [5, 5.41) is 0.511. The molecule has 0 spiro atoms. The van der Waals surface area contributed by atoms with E-state index in [4.69, 9.17) is 21.7 Å². The van der Waals surface area contributed by atoms with E-state index in [9.17, 15) is 0 Å². The summed E-state index contributed by atoms with van der Waals surface area (Å²) < 4.78 is 10.9. The molecule has 1 aliphatic rings. The second-order valence-electron chi connectivity index (χ2n) is 3.72. The van der Waals surface area contributed by atoms with Gasteiger partial charge < -0.3 is 14.4 Å². The third-order valence-corrected chi connectivity index (χ3v) is 2.72. The van der Waals surface area contributed by atoms with Gasteiger partial charge in [-0.2, -0.15) is 0 Å². The van der Waals surface area contributed by atoms with Crippen LogP contribution in [0.2, 0.25) is 0 Å². The zero-order valence-electron chi connectivity index (χ0n) is 10.2. The summed E-state index contributed by atoms with van der Waals surface area (Å²) in [5.74, 6) is 0.862. The molecule has 1 heterocycles. The molecule has 4 heteroatoms. The molecule has 0 radical (unpaired) electrons. The fourth-order valence-corrected chi connectivity index (χ4v) is 1.99. The molecule has 0 N–H and O–H groups in total. The lowest BCUT2D eigenvalue weighted by Crippen LogP contribution is -2.30. The summed E-state index contributed by atoms with van der Waals surface area (Å²) in [6, 6.07) is 0. The standard InChI is InChI=1S/C12H21NO2S/c1-3-14-11(10-12(16)15-4-2)13-8-6-5-7-9-13/h10H,3-9H2,1-2H3/b11-10+. The summed E-state index contributed by atoms with van der Waals surface area (Å²) >= 11 is 5.11. The van der Waals surface area contributed by atoms with E-state index < -0.39 is 0 Å². The molecular formula is C12H21NO2S. The van der Waals surface area contributed by atoms with Gasteiger partial charge in [0.1, 0.15) is 0 Å². The number of thiocarbonyl (C=S) groups is 1. The van der Waals surface area contributed by atoms with Gasteiger partial charge in [-0.15, -0.1) is 0 Å². The zero-order valence-corrected chi connectivity index (χ0v) is 11.0. The Labute approximate surface area is 103 Å². The molecule has 0 bridgehead atoms. The highest BCUT2D eigenvalue weighted by atomic mass is 32.1. The molecule has 0 unspecified atom stereocenters. The molecule has 1 saturated heterocycles. The monoisotopic (exact) mass is 243 g/mol. The molecule has 0 atom stereocenters. The molecular weight excluding hydrogens is 222 g/mol. The van der Waals surface area contributed by atoms with Gasteiger partial charge in [-0.3, -0.25) is 0 Å². The highest BCUT2D eigenvalue weighted by Crippen LogP contribution is 2.15. The lowest BCUT2D eigenvalue weighted by Gasteiger charge is -2.30. The maximum absolute atomic E-state index is 5.62. The van der Waals surface area contributed by atoms with Gasteiger partial charge in [0.05, 0.1) is 19.3 Å². The number of nitrogens with zero attached hydrogens (tertiary/aromatic N) is 1. The predicted molar refractivity (Wildman–Crippen MR) is 69.4 cm³/mol. The average molecular weight is 243 g/mol. The zero-order chi connectivity index (χ0) is 11.8. The van der Waals surface area contributed by atoms with Crippen LogP contribution in [0.25, 0.3) is 0 Å². The molecule has 0 aliphatic carbocycles. The van der Waals surface area contributed by atoms with Gasteiger partial charge in [0, 0.05) is 13.1 Å². The van der Waals surface area contributed by atoms with Crippen LogP contribution >= 0.6 is 12.2 Å². The largest absolute Gasteiger partial charge is 0.483 e. The SMILES string of the molecule is CCOC(=S)/C=C(/OCC)N1CCCCC1. The van der Waals surface area contributed by atoms with Crippen LogP contribution in [-0.2, 0) is 9.47 Å². The molecule has 0 saturated carbocycles. The van der Waals surface area contributed by atoms with E-state index in [1.807, 2.05) is 19.9 Å². The number of piperidine rings is 1. The molecule has 0 aromatic heterocycles. The second-order valence-corrected chi connectivity index (χ2v) is 4.12. The van der Waals surface area contributed by atoms with Crippen LogP contribution < -0.4 is 0 Å². The minimum atomic E-state index is 0.511. The minimum Gasteiger partial charge on any atom is -0.483 e. The van der Waals surface area contributed by atoms with Crippen LogP contribution in [0.3, 0.4) is 0 Å². The van der Waals surface area contributed by atoms with E-state index in [1.54, 1.807) is 0 Å². The molecule has 1 aliphatic heterocycles. The third-order valence-electron chi connectivity index (χ3n) is 2.49. The molecule has 3 nitrogen and oxygen atoms in total. The Morgan fingerprint density at radius 2 is 1.75 bits per heavy atom. The number of rotatable bonds is 5. The van der Waals surface area contributed by atoms with Crippen molar-refractivity contribution in [1.82, 2.24) is 4.90 Å². The first kappa shape index (κ1) is 13.3. The lowest BCUT2D eigenvalue weighted by molar-refractivity contribution is 0.107. The Hall–Kier alpha value is -0.770. The van der Waals surface area contributed by atoms with Crippen molar-refractivity contribution >= 4 is 17.3 Å². The Balaban J connectivity index is 2.60. The first-order valence-electron chi connectivity index (χ1n) is 6.04. The minimum absolute atomic E-state index is 0.511. The van der Waals surface area contributed by atoms with Crippen LogP contribution in [0.15, 0.2) is 12.0 Å². The van der Waals surface area contributed by atoms with Gasteiger partial charge in [0.15, 0.2) is 10.9 Å². The van der Waals surface area contributed by atoms with E-state index in [0.29, 0.717) is 18.3 Å². The van der Waals surface area contributed by atoms with Crippen molar-refractivity contribution in [2.75, 3.05) is 26.3 Å². The lowest BCUT2D eigenvalue weighted by atomic mass is 10.1. The molecule has 16 heavy (non-hydrogen) atoms. The van der Waals surface area contributed by atoms with Gasteiger partial charge >= 0.3 is 0 Å². The third kappa shape index (κ3) is 4.39. The van der Waals surface area contributed by atoms with Crippen molar-refractivity contribution < 1.29 is 9.47 Å². The van der Waals surface area contributed by atoms with E-state index >= 15 is 0 Å². The van der Waals surface area contributed by atoms with Crippen LogP contribution in [0.5, 0.6) is 0 Å². The fourth-order valence-electron chi connectivity index (χ4n) is 1.77. The van der Waals surface area contributed by atoms with Gasteiger partial charge in [-0.05, 0) is 45.3 Å². The number of likely N-dealkylation sites (tertiary alicyclic amines) is 1. The smallest absolute Gasteiger partial charge is 0.193 e.